The quantitative estimate of drug-likeness (QED) is 0.350. The van der Waals surface area contributed by atoms with Crippen molar-refractivity contribution in [2.45, 2.75) is 26.6 Å². The minimum absolute atomic E-state index is 0.00202. The molecule has 0 bridgehead atoms. The number of carboxylic acid groups (broad SMARTS) is 1. The number of benzene rings is 2. The van der Waals surface area contributed by atoms with Gasteiger partial charge in [0.1, 0.15) is 0 Å². The molecule has 0 aliphatic rings. The van der Waals surface area contributed by atoms with E-state index in [0.717, 1.165) is 40.7 Å². The van der Waals surface area contributed by atoms with Crippen LogP contribution in [0.4, 0.5) is 13.2 Å². The fourth-order valence-corrected chi connectivity index (χ4v) is 5.11. The summed E-state index contributed by atoms with van der Waals surface area (Å²) in [4.78, 5) is 41.3. The van der Waals surface area contributed by atoms with Crippen LogP contribution >= 0.6 is 11.3 Å². The Balaban J connectivity index is 1.91. The predicted octanol–water partition coefficient (Wildman–Crippen LogP) is 5.08. The molecule has 2 N–H and O–H groups in total. The molecule has 0 saturated heterocycles. The first kappa shape index (κ1) is 23.6. The average molecular weight is 513 g/mol. The van der Waals surface area contributed by atoms with Crippen LogP contribution < -0.4 is 11.2 Å². The fourth-order valence-electron chi connectivity index (χ4n) is 4.35. The SMILES string of the molecule is Cc1ccc(Cn2c(C(=O)O)c(-n3c(=O)[nH]c4cscc4c3=O)c3cc(C(F)(F)F)ccc32)cc1C. The number of carbonyl (C=O) groups is 1. The third kappa shape index (κ3) is 3.72. The van der Waals surface area contributed by atoms with Crippen LogP contribution in [0, 0.1) is 13.8 Å². The molecule has 0 radical (unpaired) electrons. The number of alkyl halides is 3. The van der Waals surface area contributed by atoms with Crippen LogP contribution in [-0.2, 0) is 12.7 Å². The second-order valence-electron chi connectivity index (χ2n) is 8.51. The molecule has 5 rings (SSSR count). The van der Waals surface area contributed by atoms with Gasteiger partial charge in [-0.2, -0.15) is 13.2 Å². The maximum Gasteiger partial charge on any atom is 0.416 e. The molecule has 0 spiro atoms. The number of aromatic amines is 1. The summed E-state index contributed by atoms with van der Waals surface area (Å²) in [5.74, 6) is -1.49. The van der Waals surface area contributed by atoms with E-state index in [2.05, 4.69) is 4.98 Å². The fraction of sp³-hybridized carbons (Fsp3) is 0.160. The number of nitrogens with zero attached hydrogens (tertiary/aromatic N) is 2. The van der Waals surface area contributed by atoms with Crippen LogP contribution in [0.3, 0.4) is 0 Å². The Morgan fingerprint density at radius 3 is 2.44 bits per heavy atom. The minimum Gasteiger partial charge on any atom is -0.477 e. The monoisotopic (exact) mass is 513 g/mol. The number of carboxylic acids is 1. The number of nitrogens with one attached hydrogen (secondary N) is 1. The van der Waals surface area contributed by atoms with Gasteiger partial charge in [0, 0.05) is 22.7 Å². The lowest BCUT2D eigenvalue weighted by atomic mass is 10.1. The molecule has 3 aromatic heterocycles. The lowest BCUT2D eigenvalue weighted by Gasteiger charge is -2.11. The zero-order valence-corrected chi connectivity index (χ0v) is 19.8. The van der Waals surface area contributed by atoms with E-state index < -0.39 is 40.3 Å². The summed E-state index contributed by atoms with van der Waals surface area (Å²) in [6, 6.07) is 8.30. The van der Waals surface area contributed by atoms with Crippen LogP contribution in [0.5, 0.6) is 0 Å². The van der Waals surface area contributed by atoms with Crippen LogP contribution in [0.15, 0.2) is 56.7 Å². The highest BCUT2D eigenvalue weighted by molar-refractivity contribution is 7.09. The first-order valence-electron chi connectivity index (χ1n) is 10.7. The Bertz CT molecular complexity index is 1810. The van der Waals surface area contributed by atoms with Crippen LogP contribution in [0.2, 0.25) is 0 Å². The smallest absolute Gasteiger partial charge is 0.416 e. The number of rotatable bonds is 4. The number of fused-ring (bicyclic) bond motifs is 2. The molecular weight excluding hydrogens is 495 g/mol. The van der Waals surface area contributed by atoms with Gasteiger partial charge in [-0.15, -0.1) is 11.3 Å². The van der Waals surface area contributed by atoms with Crippen molar-refractivity contribution in [1.82, 2.24) is 14.1 Å². The lowest BCUT2D eigenvalue weighted by Crippen LogP contribution is -2.34. The molecule has 184 valence electrons. The van der Waals surface area contributed by atoms with E-state index in [-0.39, 0.29) is 28.4 Å². The first-order valence-corrected chi connectivity index (χ1v) is 11.7. The molecule has 5 aromatic rings. The molecule has 0 saturated carbocycles. The average Bonchev–Trinajstić information content (AvgIpc) is 3.39. The number of halogens is 3. The third-order valence-corrected chi connectivity index (χ3v) is 6.99. The number of aromatic carboxylic acids is 1. The number of hydrogen-bond donors (Lipinski definition) is 2. The van der Waals surface area contributed by atoms with E-state index in [1.807, 2.05) is 26.0 Å². The van der Waals surface area contributed by atoms with Crippen molar-refractivity contribution >= 4 is 39.1 Å². The maximum absolute atomic E-state index is 13.6. The molecule has 0 fully saturated rings. The molecule has 0 aliphatic heterocycles. The molecule has 11 heteroatoms. The topological polar surface area (TPSA) is 97.1 Å². The van der Waals surface area contributed by atoms with Crippen molar-refractivity contribution in [3.05, 3.63) is 95.9 Å². The van der Waals surface area contributed by atoms with Gasteiger partial charge >= 0.3 is 17.8 Å². The van der Waals surface area contributed by atoms with Crippen molar-refractivity contribution in [2.75, 3.05) is 0 Å². The largest absolute Gasteiger partial charge is 0.477 e. The Morgan fingerprint density at radius 1 is 1.03 bits per heavy atom. The van der Waals surface area contributed by atoms with Crippen LogP contribution in [0.25, 0.3) is 27.5 Å². The van der Waals surface area contributed by atoms with Crippen LogP contribution in [0.1, 0.15) is 32.7 Å². The van der Waals surface area contributed by atoms with Crippen molar-refractivity contribution in [1.29, 1.82) is 0 Å². The summed E-state index contributed by atoms with van der Waals surface area (Å²) in [6.45, 7) is 3.81. The van der Waals surface area contributed by atoms with E-state index in [9.17, 15) is 32.7 Å². The van der Waals surface area contributed by atoms with Gasteiger partial charge in [-0.1, -0.05) is 18.2 Å². The van der Waals surface area contributed by atoms with Gasteiger partial charge in [0.25, 0.3) is 5.56 Å². The molecule has 36 heavy (non-hydrogen) atoms. The van der Waals surface area contributed by atoms with E-state index in [4.69, 9.17) is 0 Å². The Morgan fingerprint density at radius 2 is 1.78 bits per heavy atom. The van der Waals surface area contributed by atoms with Gasteiger partial charge in [-0.25, -0.2) is 14.2 Å². The first-order chi connectivity index (χ1) is 17.0. The zero-order chi connectivity index (χ0) is 25.9. The Labute approximate surface area is 204 Å². The van der Waals surface area contributed by atoms with Gasteiger partial charge in [0.2, 0.25) is 0 Å². The van der Waals surface area contributed by atoms with Crippen molar-refractivity contribution in [3.63, 3.8) is 0 Å². The summed E-state index contributed by atoms with van der Waals surface area (Å²) in [6.07, 6.45) is -4.72. The summed E-state index contributed by atoms with van der Waals surface area (Å²) < 4.78 is 42.8. The van der Waals surface area contributed by atoms with E-state index >= 15 is 0 Å². The van der Waals surface area contributed by atoms with Gasteiger partial charge < -0.3 is 14.7 Å². The maximum atomic E-state index is 13.6. The van der Waals surface area contributed by atoms with Gasteiger partial charge in [-0.05, 0) is 48.7 Å². The number of hydrogen-bond acceptors (Lipinski definition) is 4. The Hall–Kier alpha value is -4.12. The van der Waals surface area contributed by atoms with Crippen LogP contribution in [-0.4, -0.2) is 25.2 Å². The minimum atomic E-state index is -4.72. The number of thiophene rings is 1. The number of H-pyrrole nitrogens is 1. The third-order valence-electron chi connectivity index (χ3n) is 6.24. The van der Waals surface area contributed by atoms with Gasteiger partial charge in [0.15, 0.2) is 5.69 Å². The molecule has 3 heterocycles. The summed E-state index contributed by atoms with van der Waals surface area (Å²) >= 11 is 1.16. The molecule has 0 unspecified atom stereocenters. The second kappa shape index (κ2) is 8.23. The highest BCUT2D eigenvalue weighted by Crippen LogP contribution is 2.36. The number of aryl methyl sites for hydroxylation is 2. The molecular formula is C25H18F3N3O4S. The van der Waals surface area contributed by atoms with Gasteiger partial charge in [0.05, 0.1) is 27.7 Å². The lowest BCUT2D eigenvalue weighted by molar-refractivity contribution is -0.137. The predicted molar refractivity (Wildman–Crippen MR) is 131 cm³/mol. The van der Waals surface area contributed by atoms with Crippen molar-refractivity contribution in [2.24, 2.45) is 0 Å². The Kier molecular flexibility index (Phi) is 5.40. The second-order valence-corrected chi connectivity index (χ2v) is 9.25. The normalized spacial score (nSPS) is 12.0. The number of aromatic nitrogens is 3. The summed E-state index contributed by atoms with van der Waals surface area (Å²) in [7, 11) is 0. The van der Waals surface area contributed by atoms with E-state index in [1.165, 1.54) is 9.95 Å². The van der Waals surface area contributed by atoms with E-state index in [0.29, 0.717) is 10.1 Å². The van der Waals surface area contributed by atoms with E-state index in [1.54, 1.807) is 11.4 Å². The molecule has 2 aromatic carbocycles. The standard InChI is InChI=1S/C25H18F3N3O4S/c1-12-3-4-14(7-13(12)2)9-30-19-6-5-15(25(26,27)28)8-16(19)20(21(30)23(33)34)31-22(32)17-10-36-11-18(17)29-24(31)35/h3-8,10-11H,9H2,1-2H3,(H,29,35)(H,33,34). The summed E-state index contributed by atoms with van der Waals surface area (Å²) in [5, 5.41) is 13.2. The molecule has 7 nitrogen and oxygen atoms in total. The van der Waals surface area contributed by atoms with Crippen molar-refractivity contribution in [3.8, 4) is 5.69 Å². The van der Waals surface area contributed by atoms with Gasteiger partial charge in [-0.3, -0.25) is 4.79 Å². The van der Waals surface area contributed by atoms with Crippen molar-refractivity contribution < 1.29 is 23.1 Å². The summed E-state index contributed by atoms with van der Waals surface area (Å²) in [5.41, 5.74) is -0.588. The molecule has 0 aliphatic carbocycles. The highest BCUT2D eigenvalue weighted by Gasteiger charge is 2.33. The molecule has 0 amide bonds. The zero-order valence-electron chi connectivity index (χ0n) is 18.9. The molecule has 0 atom stereocenters. The highest BCUT2D eigenvalue weighted by atomic mass is 32.1.